The maximum absolute atomic E-state index is 12.4. The number of alkyl carbamates (subject to hydrolysis) is 1. The minimum Gasteiger partial charge on any atom is -0.489 e. The molecule has 4 rings (SSSR count). The lowest BCUT2D eigenvalue weighted by molar-refractivity contribution is -0.143. The smallest absolute Gasteiger partial charge is 0.408 e. The van der Waals surface area contributed by atoms with Gasteiger partial charge in [-0.05, 0) is 57.2 Å². The van der Waals surface area contributed by atoms with Gasteiger partial charge in [0.25, 0.3) is 0 Å². The third-order valence-corrected chi connectivity index (χ3v) is 6.60. The van der Waals surface area contributed by atoms with Gasteiger partial charge in [-0.15, -0.1) is 0 Å². The molecule has 3 atom stereocenters. The van der Waals surface area contributed by atoms with Crippen LogP contribution in [0.2, 0.25) is 0 Å². The van der Waals surface area contributed by atoms with Crippen molar-refractivity contribution in [1.82, 2.24) is 20.1 Å². The molecule has 0 spiro atoms. The average Bonchev–Trinajstić information content (AvgIpc) is 3.24. The molecule has 1 saturated carbocycles. The summed E-state index contributed by atoms with van der Waals surface area (Å²) in [5.74, 6) is -0.467. The zero-order valence-electron chi connectivity index (χ0n) is 20.8. The molecule has 36 heavy (non-hydrogen) atoms. The van der Waals surface area contributed by atoms with Gasteiger partial charge in [-0.3, -0.25) is 9.48 Å². The Balaban J connectivity index is 1.40. The Hall–Kier alpha value is -3.88. The molecule has 2 N–H and O–H groups in total. The first kappa shape index (κ1) is 25.2. The number of pyridine rings is 1. The first-order valence-electron chi connectivity index (χ1n) is 12.2. The first-order chi connectivity index (χ1) is 17.3. The molecule has 190 valence electrons. The van der Waals surface area contributed by atoms with Gasteiger partial charge in [0.2, 0.25) is 0 Å². The highest BCUT2D eigenvalue weighted by molar-refractivity contribution is 5.70. The summed E-state index contributed by atoms with van der Waals surface area (Å²) in [6.07, 6.45) is 3.58. The molecule has 1 aliphatic carbocycles. The standard InChI is InChI=1S/C27H32N4O5/c1-17-25(36-21-11-7-10-20(14-21)26(32)33)13-12-23(30-17)22-15-29-31(3)24(22)16-28-27(34)35-18(2)19-8-5-4-6-9-19/h4-6,8-9,12-13,15,18,20-21H,7,10-11,14,16H2,1-3H3,(H,28,34)(H,32,33)/t18-,20+,21+/m1/s1. The monoisotopic (exact) mass is 492 g/mol. The van der Waals surface area contributed by atoms with Crippen LogP contribution in [0.1, 0.15) is 55.7 Å². The number of nitrogens with zero attached hydrogens (tertiary/aromatic N) is 3. The molecule has 1 aromatic carbocycles. The summed E-state index contributed by atoms with van der Waals surface area (Å²) in [6, 6.07) is 13.3. The highest BCUT2D eigenvalue weighted by atomic mass is 16.6. The topological polar surface area (TPSA) is 116 Å². The van der Waals surface area contributed by atoms with Gasteiger partial charge in [0.1, 0.15) is 11.9 Å². The molecule has 9 nitrogen and oxygen atoms in total. The second-order valence-corrected chi connectivity index (χ2v) is 9.16. The van der Waals surface area contributed by atoms with Crippen molar-refractivity contribution >= 4 is 12.1 Å². The van der Waals surface area contributed by atoms with E-state index in [1.165, 1.54) is 0 Å². The first-order valence-corrected chi connectivity index (χ1v) is 12.2. The van der Waals surface area contributed by atoms with Crippen LogP contribution in [0.25, 0.3) is 11.3 Å². The Bertz CT molecular complexity index is 1210. The van der Waals surface area contributed by atoms with Gasteiger partial charge >= 0.3 is 12.1 Å². The number of rotatable bonds is 8. The molecule has 0 saturated heterocycles. The Labute approximate surface area is 210 Å². The van der Waals surface area contributed by atoms with Crippen LogP contribution >= 0.6 is 0 Å². The molecule has 1 aliphatic rings. The molecule has 9 heteroatoms. The quantitative estimate of drug-likeness (QED) is 0.464. The van der Waals surface area contributed by atoms with Gasteiger partial charge in [0.05, 0.1) is 41.8 Å². The fraction of sp³-hybridized carbons (Fsp3) is 0.407. The van der Waals surface area contributed by atoms with Crippen molar-refractivity contribution in [3.05, 3.63) is 65.6 Å². The zero-order chi connectivity index (χ0) is 25.7. The number of amides is 1. The van der Waals surface area contributed by atoms with Crippen LogP contribution in [0.3, 0.4) is 0 Å². The van der Waals surface area contributed by atoms with Crippen LogP contribution in [0, 0.1) is 12.8 Å². The molecule has 0 bridgehead atoms. The third-order valence-electron chi connectivity index (χ3n) is 6.60. The van der Waals surface area contributed by atoms with E-state index in [9.17, 15) is 14.7 Å². The van der Waals surface area contributed by atoms with Gasteiger partial charge in [0.15, 0.2) is 0 Å². The number of ether oxygens (including phenoxy) is 2. The van der Waals surface area contributed by atoms with Gasteiger partial charge < -0.3 is 19.9 Å². The lowest BCUT2D eigenvalue weighted by Crippen LogP contribution is -2.29. The molecule has 3 aromatic rings. The van der Waals surface area contributed by atoms with Crippen molar-refractivity contribution in [1.29, 1.82) is 0 Å². The van der Waals surface area contributed by atoms with Crippen molar-refractivity contribution in [2.75, 3.05) is 0 Å². The number of aliphatic carboxylic acids is 1. The maximum Gasteiger partial charge on any atom is 0.408 e. The predicted molar refractivity (Wildman–Crippen MR) is 133 cm³/mol. The number of aromatic nitrogens is 3. The van der Waals surface area contributed by atoms with Crippen LogP contribution < -0.4 is 10.1 Å². The van der Waals surface area contributed by atoms with Crippen LogP contribution in [0.5, 0.6) is 5.75 Å². The number of benzene rings is 1. The van der Waals surface area contributed by atoms with E-state index in [0.717, 1.165) is 29.7 Å². The molecule has 1 fully saturated rings. The molecule has 1 amide bonds. The number of hydrogen-bond acceptors (Lipinski definition) is 6. The molecule has 0 unspecified atom stereocenters. The molecular formula is C27H32N4O5. The third kappa shape index (κ3) is 6.02. The Morgan fingerprint density at radius 1 is 1.19 bits per heavy atom. The van der Waals surface area contributed by atoms with Gasteiger partial charge in [-0.25, -0.2) is 9.78 Å². The highest BCUT2D eigenvalue weighted by Gasteiger charge is 2.28. The van der Waals surface area contributed by atoms with E-state index in [1.54, 1.807) is 10.9 Å². The lowest BCUT2D eigenvalue weighted by Gasteiger charge is -2.27. The summed E-state index contributed by atoms with van der Waals surface area (Å²) < 4.78 is 13.3. The lowest BCUT2D eigenvalue weighted by atomic mass is 9.87. The SMILES string of the molecule is Cc1nc(-c2cnn(C)c2CNC(=O)O[C@H](C)c2ccccc2)ccc1O[C@H]1CCC[C@H](C(=O)O)C1. The van der Waals surface area contributed by atoms with Crippen LogP contribution in [-0.4, -0.2) is 38.0 Å². The number of nitrogens with one attached hydrogen (secondary N) is 1. The Morgan fingerprint density at radius 2 is 1.97 bits per heavy atom. The summed E-state index contributed by atoms with van der Waals surface area (Å²) in [5, 5.41) is 16.5. The van der Waals surface area contributed by atoms with E-state index in [1.807, 2.05) is 63.4 Å². The minimum absolute atomic E-state index is 0.131. The number of carbonyl (C=O) groups excluding carboxylic acids is 1. The fourth-order valence-corrected chi connectivity index (χ4v) is 4.52. The van der Waals surface area contributed by atoms with E-state index in [4.69, 9.17) is 14.5 Å². The Morgan fingerprint density at radius 3 is 2.69 bits per heavy atom. The molecule has 2 heterocycles. The summed E-state index contributed by atoms with van der Waals surface area (Å²) in [4.78, 5) is 28.5. The second kappa shape index (κ2) is 11.2. The highest BCUT2D eigenvalue weighted by Crippen LogP contribution is 2.31. The van der Waals surface area contributed by atoms with Gasteiger partial charge in [0, 0.05) is 12.6 Å². The summed E-state index contributed by atoms with van der Waals surface area (Å²) >= 11 is 0. The van der Waals surface area contributed by atoms with E-state index in [-0.39, 0.29) is 24.7 Å². The zero-order valence-corrected chi connectivity index (χ0v) is 20.8. The van der Waals surface area contributed by atoms with Crippen molar-refractivity contribution in [2.24, 2.45) is 13.0 Å². The van der Waals surface area contributed by atoms with Crippen molar-refractivity contribution < 1.29 is 24.2 Å². The van der Waals surface area contributed by atoms with Crippen molar-refractivity contribution in [3.8, 4) is 17.0 Å². The summed E-state index contributed by atoms with van der Waals surface area (Å²) in [6.45, 7) is 3.92. The number of hydrogen-bond donors (Lipinski definition) is 2. The second-order valence-electron chi connectivity index (χ2n) is 9.16. The van der Waals surface area contributed by atoms with Crippen LogP contribution in [-0.2, 0) is 23.1 Å². The molecular weight excluding hydrogens is 460 g/mol. The predicted octanol–water partition coefficient (Wildman–Crippen LogP) is 4.80. The number of aryl methyl sites for hydroxylation is 2. The largest absolute Gasteiger partial charge is 0.489 e. The van der Waals surface area contributed by atoms with Gasteiger partial charge in [-0.1, -0.05) is 30.3 Å². The van der Waals surface area contributed by atoms with Gasteiger partial charge in [-0.2, -0.15) is 5.10 Å². The fourth-order valence-electron chi connectivity index (χ4n) is 4.52. The normalized spacial score (nSPS) is 18.3. The van der Waals surface area contributed by atoms with E-state index in [2.05, 4.69) is 10.4 Å². The van der Waals surface area contributed by atoms with Crippen molar-refractivity contribution in [3.63, 3.8) is 0 Å². The van der Waals surface area contributed by atoms with E-state index < -0.39 is 12.1 Å². The molecule has 0 aliphatic heterocycles. The summed E-state index contributed by atoms with van der Waals surface area (Å²) in [5.41, 5.74) is 3.93. The average molecular weight is 493 g/mol. The number of carboxylic acids is 1. The summed E-state index contributed by atoms with van der Waals surface area (Å²) in [7, 11) is 1.81. The molecule has 2 aromatic heterocycles. The van der Waals surface area contributed by atoms with Crippen LogP contribution in [0.4, 0.5) is 4.79 Å². The molecule has 0 radical (unpaired) electrons. The van der Waals surface area contributed by atoms with E-state index >= 15 is 0 Å². The Kier molecular flexibility index (Phi) is 7.87. The minimum atomic E-state index is -0.760. The number of carboxylic acid groups (broad SMARTS) is 1. The van der Waals surface area contributed by atoms with E-state index in [0.29, 0.717) is 30.0 Å². The van der Waals surface area contributed by atoms with Crippen molar-refractivity contribution in [2.45, 2.75) is 58.3 Å². The van der Waals surface area contributed by atoms with Crippen LogP contribution in [0.15, 0.2) is 48.7 Å². The number of carbonyl (C=O) groups is 2. The maximum atomic E-state index is 12.4.